The molecule has 0 unspecified atom stereocenters. The van der Waals surface area contributed by atoms with Crippen LogP contribution in [0.3, 0.4) is 0 Å². The topological polar surface area (TPSA) is 49.3 Å². The molecular weight excluding hydrogens is 351 g/mol. The van der Waals surface area contributed by atoms with E-state index in [1.165, 1.54) is 6.07 Å². The van der Waals surface area contributed by atoms with Crippen molar-refractivity contribution in [1.29, 1.82) is 0 Å². The van der Waals surface area contributed by atoms with E-state index < -0.39 is 23.8 Å². The first-order valence-electron chi connectivity index (χ1n) is 6.43. The highest BCUT2D eigenvalue weighted by molar-refractivity contribution is 9.10. The average Bonchev–Trinajstić information content (AvgIpc) is 2.33. The first kappa shape index (κ1) is 18.0. The van der Waals surface area contributed by atoms with Gasteiger partial charge in [-0.1, -0.05) is 29.8 Å². The summed E-state index contributed by atoms with van der Waals surface area (Å²) in [5.74, 6) is -0.838. The molecule has 1 rings (SSSR count). The molecule has 7 heteroatoms. The molecule has 1 aromatic carbocycles. The van der Waals surface area contributed by atoms with E-state index in [-0.39, 0.29) is 12.5 Å². The van der Waals surface area contributed by atoms with Gasteiger partial charge in [0, 0.05) is 11.0 Å². The summed E-state index contributed by atoms with van der Waals surface area (Å²) in [4.78, 5) is 11.1. The molecule has 0 fully saturated rings. The molecule has 0 bridgehead atoms. The van der Waals surface area contributed by atoms with E-state index in [4.69, 9.17) is 5.11 Å². The second-order valence-electron chi connectivity index (χ2n) is 5.21. The van der Waals surface area contributed by atoms with E-state index in [0.717, 1.165) is 12.1 Å². The maximum atomic E-state index is 12.7. The average molecular weight is 368 g/mol. The smallest absolute Gasteiger partial charge is 0.416 e. The van der Waals surface area contributed by atoms with Gasteiger partial charge in [0.05, 0.1) is 5.56 Å². The van der Waals surface area contributed by atoms with Gasteiger partial charge in [0.1, 0.15) is 6.04 Å². The fraction of sp³-hybridized carbons (Fsp3) is 0.500. The lowest BCUT2D eigenvalue weighted by Gasteiger charge is -2.17. The highest BCUT2D eigenvalue weighted by Crippen LogP contribution is 2.31. The Kier molecular flexibility index (Phi) is 6.22. The monoisotopic (exact) mass is 367 g/mol. The third-order valence-corrected chi connectivity index (χ3v) is 3.69. The molecule has 2 N–H and O–H groups in total. The third-order valence-electron chi connectivity index (χ3n) is 2.92. The number of hydrogen-bond acceptors (Lipinski definition) is 2. The van der Waals surface area contributed by atoms with Crippen molar-refractivity contribution in [1.82, 2.24) is 5.32 Å². The Morgan fingerprint density at radius 3 is 2.48 bits per heavy atom. The van der Waals surface area contributed by atoms with Crippen LogP contribution in [0.2, 0.25) is 0 Å². The van der Waals surface area contributed by atoms with Crippen LogP contribution in [0, 0.1) is 5.92 Å². The zero-order chi connectivity index (χ0) is 16.2. The fourth-order valence-electron chi connectivity index (χ4n) is 1.86. The SMILES string of the molecule is CC(C)C[C@H](NCc1cc(C(F)(F)F)ccc1Br)C(=O)O. The number of aliphatic carboxylic acids is 1. The van der Waals surface area contributed by atoms with E-state index >= 15 is 0 Å². The zero-order valence-corrected chi connectivity index (χ0v) is 13.3. The Bertz CT molecular complexity index is 503. The molecule has 3 nitrogen and oxygen atoms in total. The number of halogens is 4. The Hall–Kier alpha value is -1.08. The molecule has 118 valence electrons. The van der Waals surface area contributed by atoms with Gasteiger partial charge in [-0.3, -0.25) is 4.79 Å². The van der Waals surface area contributed by atoms with Crippen LogP contribution in [-0.2, 0) is 17.5 Å². The minimum atomic E-state index is -4.42. The number of benzene rings is 1. The summed E-state index contributed by atoms with van der Waals surface area (Å²) in [6.45, 7) is 3.82. The van der Waals surface area contributed by atoms with Gasteiger partial charge in [0.2, 0.25) is 0 Å². The van der Waals surface area contributed by atoms with Gasteiger partial charge in [-0.2, -0.15) is 13.2 Å². The van der Waals surface area contributed by atoms with Crippen molar-refractivity contribution in [2.45, 2.75) is 39.0 Å². The van der Waals surface area contributed by atoms with Crippen LogP contribution in [0.4, 0.5) is 13.2 Å². The van der Waals surface area contributed by atoms with Gasteiger partial charge in [0.25, 0.3) is 0 Å². The van der Waals surface area contributed by atoms with Crippen LogP contribution < -0.4 is 5.32 Å². The highest BCUT2D eigenvalue weighted by atomic mass is 79.9. The van der Waals surface area contributed by atoms with E-state index in [1.54, 1.807) is 0 Å². The predicted molar refractivity (Wildman–Crippen MR) is 76.9 cm³/mol. The Labute approximate surface area is 129 Å². The lowest BCUT2D eigenvalue weighted by molar-refractivity contribution is -0.140. The summed E-state index contributed by atoms with van der Waals surface area (Å²) < 4.78 is 38.5. The van der Waals surface area contributed by atoms with E-state index in [0.29, 0.717) is 16.5 Å². The van der Waals surface area contributed by atoms with Crippen LogP contribution in [0.15, 0.2) is 22.7 Å². The van der Waals surface area contributed by atoms with Gasteiger partial charge < -0.3 is 10.4 Å². The zero-order valence-electron chi connectivity index (χ0n) is 11.7. The van der Waals surface area contributed by atoms with Gasteiger partial charge in [-0.05, 0) is 36.1 Å². The van der Waals surface area contributed by atoms with Crippen molar-refractivity contribution in [3.8, 4) is 0 Å². The highest BCUT2D eigenvalue weighted by Gasteiger charge is 2.31. The van der Waals surface area contributed by atoms with Gasteiger partial charge >= 0.3 is 12.1 Å². The summed E-state index contributed by atoms with van der Waals surface area (Å²) in [6, 6.07) is 2.53. The van der Waals surface area contributed by atoms with E-state index in [1.807, 2.05) is 13.8 Å². The van der Waals surface area contributed by atoms with Crippen LogP contribution in [-0.4, -0.2) is 17.1 Å². The van der Waals surface area contributed by atoms with Gasteiger partial charge in [-0.15, -0.1) is 0 Å². The largest absolute Gasteiger partial charge is 0.480 e. The normalized spacial score (nSPS) is 13.5. The number of carboxylic acids is 1. The van der Waals surface area contributed by atoms with Crippen LogP contribution in [0.1, 0.15) is 31.4 Å². The molecule has 0 aliphatic heterocycles. The molecule has 21 heavy (non-hydrogen) atoms. The molecule has 0 heterocycles. The quantitative estimate of drug-likeness (QED) is 0.796. The lowest BCUT2D eigenvalue weighted by atomic mass is 10.0. The third kappa shape index (κ3) is 5.67. The van der Waals surface area contributed by atoms with Gasteiger partial charge in [-0.25, -0.2) is 0 Å². The molecule has 0 spiro atoms. The van der Waals surface area contributed by atoms with Crippen molar-refractivity contribution < 1.29 is 23.1 Å². The number of alkyl halides is 3. The van der Waals surface area contributed by atoms with E-state index in [2.05, 4.69) is 21.2 Å². The molecule has 0 saturated heterocycles. The second kappa shape index (κ2) is 7.26. The van der Waals surface area contributed by atoms with Crippen molar-refractivity contribution >= 4 is 21.9 Å². The minimum absolute atomic E-state index is 0.0498. The number of rotatable bonds is 6. The molecular formula is C14H17BrF3NO2. The summed E-state index contributed by atoms with van der Waals surface area (Å²) >= 11 is 3.18. The Morgan fingerprint density at radius 2 is 2.00 bits per heavy atom. The molecule has 0 aromatic heterocycles. The summed E-state index contributed by atoms with van der Waals surface area (Å²) in [6.07, 6.45) is -4.01. The Morgan fingerprint density at radius 1 is 1.38 bits per heavy atom. The molecule has 0 radical (unpaired) electrons. The van der Waals surface area contributed by atoms with Crippen LogP contribution in [0.25, 0.3) is 0 Å². The van der Waals surface area contributed by atoms with E-state index in [9.17, 15) is 18.0 Å². The maximum Gasteiger partial charge on any atom is 0.416 e. The first-order chi connectivity index (χ1) is 9.61. The standard InChI is InChI=1S/C14H17BrF3NO2/c1-8(2)5-12(13(20)21)19-7-9-6-10(14(16,17)18)3-4-11(9)15/h3-4,6,8,12,19H,5,7H2,1-2H3,(H,20,21)/t12-/m0/s1. The molecule has 0 saturated carbocycles. The van der Waals surface area contributed by atoms with Crippen molar-refractivity contribution in [2.75, 3.05) is 0 Å². The minimum Gasteiger partial charge on any atom is -0.480 e. The molecule has 0 aliphatic carbocycles. The van der Waals surface area contributed by atoms with Crippen LogP contribution in [0.5, 0.6) is 0 Å². The van der Waals surface area contributed by atoms with Crippen molar-refractivity contribution in [3.05, 3.63) is 33.8 Å². The van der Waals surface area contributed by atoms with Crippen molar-refractivity contribution in [2.24, 2.45) is 5.92 Å². The lowest BCUT2D eigenvalue weighted by Crippen LogP contribution is -2.37. The van der Waals surface area contributed by atoms with Gasteiger partial charge in [0.15, 0.2) is 0 Å². The molecule has 0 aliphatic rings. The number of nitrogens with one attached hydrogen (secondary N) is 1. The molecule has 1 aromatic rings. The summed E-state index contributed by atoms with van der Waals surface area (Å²) in [7, 11) is 0. The fourth-order valence-corrected chi connectivity index (χ4v) is 2.25. The van der Waals surface area contributed by atoms with Crippen LogP contribution >= 0.6 is 15.9 Å². The predicted octanol–water partition coefficient (Wildman–Crippen LogP) is 4.06. The summed E-state index contributed by atoms with van der Waals surface area (Å²) in [5, 5.41) is 11.9. The maximum absolute atomic E-state index is 12.7. The molecule has 0 amide bonds. The van der Waals surface area contributed by atoms with Crippen molar-refractivity contribution in [3.63, 3.8) is 0 Å². The number of carbonyl (C=O) groups is 1. The second-order valence-corrected chi connectivity index (χ2v) is 6.06. The first-order valence-corrected chi connectivity index (χ1v) is 7.22. The number of hydrogen-bond donors (Lipinski definition) is 2. The number of carboxylic acid groups (broad SMARTS) is 1. The molecule has 1 atom stereocenters. The Balaban J connectivity index is 2.84. The summed E-state index contributed by atoms with van der Waals surface area (Å²) in [5.41, 5.74) is -0.377.